The molecular weight excluding hydrogens is 451 g/mol. The summed E-state index contributed by atoms with van der Waals surface area (Å²) in [5.41, 5.74) is 3.64. The zero-order valence-electron chi connectivity index (χ0n) is 20.5. The zero-order chi connectivity index (χ0) is 24.0. The van der Waals surface area contributed by atoms with Crippen LogP contribution in [0, 0.1) is 0 Å². The molecule has 0 saturated carbocycles. The molecular formula is C28H38Cl2N2O. The van der Waals surface area contributed by atoms with Gasteiger partial charge in [-0.1, -0.05) is 87.1 Å². The molecule has 180 valence electrons. The molecule has 3 nitrogen and oxygen atoms in total. The van der Waals surface area contributed by atoms with E-state index in [2.05, 4.69) is 49.9 Å². The van der Waals surface area contributed by atoms with Gasteiger partial charge in [-0.3, -0.25) is 4.79 Å². The summed E-state index contributed by atoms with van der Waals surface area (Å²) in [5.74, 6) is 0.111. The number of hydrogen-bond donors (Lipinski definition) is 0. The average Bonchev–Trinajstić information content (AvgIpc) is 3.04. The summed E-state index contributed by atoms with van der Waals surface area (Å²) in [6.45, 7) is 9.85. The van der Waals surface area contributed by atoms with Gasteiger partial charge in [-0.2, -0.15) is 0 Å². The predicted octanol–water partition coefficient (Wildman–Crippen LogP) is 6.78. The van der Waals surface area contributed by atoms with E-state index < -0.39 is 0 Å². The molecule has 1 atom stereocenters. The number of rotatable bonds is 7. The molecule has 33 heavy (non-hydrogen) atoms. The second-order valence-corrected chi connectivity index (χ2v) is 11.3. The molecule has 1 unspecified atom stereocenters. The van der Waals surface area contributed by atoms with Gasteiger partial charge in [0.25, 0.3) is 0 Å². The third-order valence-corrected chi connectivity index (χ3v) is 7.48. The van der Waals surface area contributed by atoms with Crippen molar-refractivity contribution < 1.29 is 4.79 Å². The van der Waals surface area contributed by atoms with Crippen LogP contribution in [0.15, 0.2) is 42.5 Å². The van der Waals surface area contributed by atoms with Crippen molar-refractivity contribution in [3.8, 4) is 0 Å². The number of carbonyl (C=O) groups is 1. The van der Waals surface area contributed by atoms with Crippen LogP contribution in [0.5, 0.6) is 0 Å². The Kier molecular flexibility index (Phi) is 9.26. The zero-order valence-corrected chi connectivity index (χ0v) is 22.1. The smallest absolute Gasteiger partial charge is 0.227 e. The van der Waals surface area contributed by atoms with Gasteiger partial charge in [0, 0.05) is 19.6 Å². The lowest BCUT2D eigenvalue weighted by Gasteiger charge is -2.33. The fraction of sp³-hybridized carbons (Fsp3) is 0.536. The van der Waals surface area contributed by atoms with Gasteiger partial charge in [-0.15, -0.1) is 0 Å². The topological polar surface area (TPSA) is 23.6 Å². The van der Waals surface area contributed by atoms with Gasteiger partial charge in [-0.25, -0.2) is 0 Å². The van der Waals surface area contributed by atoms with E-state index in [1.54, 1.807) is 12.1 Å². The van der Waals surface area contributed by atoms with Crippen LogP contribution in [0.4, 0.5) is 0 Å². The molecule has 0 aromatic heterocycles. The van der Waals surface area contributed by atoms with Crippen LogP contribution in [-0.2, 0) is 23.1 Å². The van der Waals surface area contributed by atoms with Gasteiger partial charge < -0.3 is 9.80 Å². The third-order valence-electron chi connectivity index (χ3n) is 6.74. The Bertz CT molecular complexity index is 912. The van der Waals surface area contributed by atoms with Crippen molar-refractivity contribution in [2.45, 2.75) is 70.8 Å². The monoisotopic (exact) mass is 488 g/mol. The fourth-order valence-electron chi connectivity index (χ4n) is 4.51. The van der Waals surface area contributed by atoms with E-state index in [0.717, 1.165) is 31.6 Å². The molecule has 5 heteroatoms. The van der Waals surface area contributed by atoms with Crippen molar-refractivity contribution in [3.05, 3.63) is 69.2 Å². The Morgan fingerprint density at radius 2 is 1.55 bits per heavy atom. The van der Waals surface area contributed by atoms with Crippen LogP contribution >= 0.6 is 23.2 Å². The predicted molar refractivity (Wildman–Crippen MR) is 140 cm³/mol. The largest absolute Gasteiger partial charge is 0.341 e. The number of halogens is 2. The maximum Gasteiger partial charge on any atom is 0.227 e. The Hall–Kier alpha value is -1.55. The molecule has 1 aliphatic heterocycles. The van der Waals surface area contributed by atoms with Gasteiger partial charge in [0.2, 0.25) is 5.91 Å². The molecule has 0 bridgehead atoms. The van der Waals surface area contributed by atoms with Gasteiger partial charge in [0.1, 0.15) is 0 Å². The maximum absolute atomic E-state index is 13.3. The molecule has 0 N–H and O–H groups in total. The van der Waals surface area contributed by atoms with E-state index in [4.69, 9.17) is 23.2 Å². The Balaban J connectivity index is 1.75. The molecule has 0 aliphatic carbocycles. The van der Waals surface area contributed by atoms with Crippen molar-refractivity contribution in [2.24, 2.45) is 0 Å². The first kappa shape index (κ1) is 26.1. The number of nitrogens with zero attached hydrogens (tertiary/aromatic N) is 2. The fourth-order valence-corrected chi connectivity index (χ4v) is 4.83. The van der Waals surface area contributed by atoms with Gasteiger partial charge in [0.05, 0.1) is 16.5 Å². The van der Waals surface area contributed by atoms with Crippen molar-refractivity contribution >= 4 is 29.1 Å². The molecule has 1 saturated heterocycles. The standard InChI is InChI=1S/C28H38Cl2N2O/c1-28(2,3)23-12-9-21(10-13-23)17-24(20-32-15-7-5-6-8-16-32)31(4)27(33)19-22-11-14-25(29)26(30)18-22/h9-14,18,24H,5-8,15-17,19-20H2,1-4H3. The number of hydrogen-bond acceptors (Lipinski definition) is 2. The van der Waals surface area contributed by atoms with Crippen molar-refractivity contribution in [1.82, 2.24) is 9.80 Å². The van der Waals surface area contributed by atoms with Gasteiger partial charge in [0.15, 0.2) is 0 Å². The van der Waals surface area contributed by atoms with Crippen LogP contribution in [0.2, 0.25) is 10.0 Å². The Morgan fingerprint density at radius 3 is 2.12 bits per heavy atom. The average molecular weight is 490 g/mol. The number of likely N-dealkylation sites (tertiary alicyclic amines) is 1. The number of likely N-dealkylation sites (N-methyl/N-ethyl adjacent to an activating group) is 1. The second-order valence-electron chi connectivity index (χ2n) is 10.4. The molecule has 3 rings (SSSR count). The lowest BCUT2D eigenvalue weighted by Crippen LogP contribution is -2.47. The summed E-state index contributed by atoms with van der Waals surface area (Å²) in [7, 11) is 1.95. The number of benzene rings is 2. The van der Waals surface area contributed by atoms with E-state index in [1.165, 1.54) is 36.8 Å². The van der Waals surface area contributed by atoms with Gasteiger partial charge in [-0.05, 0) is 66.6 Å². The maximum atomic E-state index is 13.3. The highest BCUT2D eigenvalue weighted by Gasteiger charge is 2.24. The van der Waals surface area contributed by atoms with E-state index in [-0.39, 0.29) is 17.4 Å². The minimum atomic E-state index is 0.111. The third kappa shape index (κ3) is 7.73. The summed E-state index contributed by atoms with van der Waals surface area (Å²) in [6.07, 6.45) is 6.28. The van der Waals surface area contributed by atoms with Crippen molar-refractivity contribution in [3.63, 3.8) is 0 Å². The van der Waals surface area contributed by atoms with Crippen LogP contribution < -0.4 is 0 Å². The molecule has 2 aromatic rings. The molecule has 1 heterocycles. The SMILES string of the molecule is CN(C(=O)Cc1ccc(Cl)c(Cl)c1)C(Cc1ccc(C(C)(C)C)cc1)CN1CCCCCC1. The first-order valence-corrected chi connectivity index (χ1v) is 12.9. The van der Waals surface area contributed by atoms with Gasteiger partial charge >= 0.3 is 0 Å². The van der Waals surface area contributed by atoms with E-state index in [0.29, 0.717) is 16.5 Å². The van der Waals surface area contributed by atoms with Crippen molar-refractivity contribution in [1.29, 1.82) is 0 Å². The molecule has 1 amide bonds. The van der Waals surface area contributed by atoms with Crippen LogP contribution in [0.1, 0.15) is 63.1 Å². The molecule has 0 spiro atoms. The quantitative estimate of drug-likeness (QED) is 0.428. The lowest BCUT2D eigenvalue weighted by atomic mass is 9.86. The molecule has 1 aliphatic rings. The highest BCUT2D eigenvalue weighted by atomic mass is 35.5. The van der Waals surface area contributed by atoms with E-state index in [9.17, 15) is 4.79 Å². The Morgan fingerprint density at radius 1 is 0.939 bits per heavy atom. The van der Waals surface area contributed by atoms with Crippen LogP contribution in [0.3, 0.4) is 0 Å². The first-order valence-electron chi connectivity index (χ1n) is 12.1. The summed E-state index contributed by atoms with van der Waals surface area (Å²) in [4.78, 5) is 17.8. The summed E-state index contributed by atoms with van der Waals surface area (Å²) in [6, 6.07) is 14.5. The first-order chi connectivity index (χ1) is 15.6. The van der Waals surface area contributed by atoms with Crippen molar-refractivity contribution in [2.75, 3.05) is 26.7 Å². The van der Waals surface area contributed by atoms with E-state index >= 15 is 0 Å². The number of carbonyl (C=O) groups excluding carboxylic acids is 1. The molecule has 1 fully saturated rings. The minimum absolute atomic E-state index is 0.111. The summed E-state index contributed by atoms with van der Waals surface area (Å²) >= 11 is 12.2. The minimum Gasteiger partial charge on any atom is -0.341 e. The molecule has 2 aromatic carbocycles. The van der Waals surface area contributed by atoms with Crippen LogP contribution in [-0.4, -0.2) is 48.4 Å². The lowest BCUT2D eigenvalue weighted by molar-refractivity contribution is -0.131. The second kappa shape index (κ2) is 11.7. The summed E-state index contributed by atoms with van der Waals surface area (Å²) < 4.78 is 0. The highest BCUT2D eigenvalue weighted by molar-refractivity contribution is 6.42. The number of amides is 1. The Labute approximate surface area is 210 Å². The molecule has 0 radical (unpaired) electrons. The highest BCUT2D eigenvalue weighted by Crippen LogP contribution is 2.25. The summed E-state index contributed by atoms with van der Waals surface area (Å²) in [5, 5.41) is 1.00. The van der Waals surface area contributed by atoms with E-state index in [1.807, 2.05) is 18.0 Å². The van der Waals surface area contributed by atoms with Crippen LogP contribution in [0.25, 0.3) is 0 Å². The normalized spacial score (nSPS) is 16.3.